The van der Waals surface area contributed by atoms with Crippen molar-refractivity contribution in [3.8, 4) is 5.75 Å². The number of rotatable bonds is 6. The molecule has 3 aromatic rings. The number of hydrogen-bond acceptors (Lipinski definition) is 5. The van der Waals surface area contributed by atoms with Crippen LogP contribution in [0.2, 0.25) is 5.02 Å². The first-order chi connectivity index (χ1) is 11.7. The number of aromatic amines is 1. The molecule has 0 aliphatic carbocycles. The summed E-state index contributed by atoms with van der Waals surface area (Å²) in [6.45, 7) is 2.29. The van der Waals surface area contributed by atoms with Gasteiger partial charge in [0.2, 0.25) is 4.77 Å². The monoisotopic (exact) mass is 362 g/mol. The molecule has 1 N–H and O–H groups in total. The van der Waals surface area contributed by atoms with Gasteiger partial charge in [-0.25, -0.2) is 0 Å². The summed E-state index contributed by atoms with van der Waals surface area (Å²) in [5, 5.41) is 11.7. The van der Waals surface area contributed by atoms with Gasteiger partial charge in [0, 0.05) is 11.4 Å². The first-order valence-electron chi connectivity index (χ1n) is 7.33. The SMILES string of the molecule is CCc1n[nH]c(=S)n1/N=C/c1ccc(COc2cccc(Cl)c2)o1. The van der Waals surface area contributed by atoms with Gasteiger partial charge in [-0.2, -0.15) is 14.9 Å². The lowest BCUT2D eigenvalue weighted by Gasteiger charge is -2.03. The normalized spacial score (nSPS) is 11.2. The molecule has 8 heteroatoms. The van der Waals surface area contributed by atoms with E-state index in [4.69, 9.17) is 33.0 Å². The molecule has 0 saturated carbocycles. The van der Waals surface area contributed by atoms with Gasteiger partial charge in [-0.3, -0.25) is 5.10 Å². The van der Waals surface area contributed by atoms with Gasteiger partial charge in [0.15, 0.2) is 5.82 Å². The third kappa shape index (κ3) is 3.93. The van der Waals surface area contributed by atoms with E-state index >= 15 is 0 Å². The molecule has 0 radical (unpaired) electrons. The van der Waals surface area contributed by atoms with Crippen LogP contribution < -0.4 is 4.74 Å². The number of benzene rings is 1. The summed E-state index contributed by atoms with van der Waals surface area (Å²) in [7, 11) is 0. The van der Waals surface area contributed by atoms with E-state index in [1.165, 1.54) is 0 Å². The Hall–Kier alpha value is -2.38. The number of aromatic nitrogens is 3. The van der Waals surface area contributed by atoms with Crippen molar-refractivity contribution in [2.24, 2.45) is 5.10 Å². The molecule has 0 aliphatic rings. The van der Waals surface area contributed by atoms with Crippen molar-refractivity contribution in [1.82, 2.24) is 14.9 Å². The average molecular weight is 363 g/mol. The van der Waals surface area contributed by atoms with E-state index < -0.39 is 0 Å². The van der Waals surface area contributed by atoms with E-state index in [0.29, 0.717) is 33.7 Å². The Kier molecular flexibility index (Phi) is 5.12. The molecule has 0 unspecified atom stereocenters. The molecule has 24 heavy (non-hydrogen) atoms. The van der Waals surface area contributed by atoms with Crippen LogP contribution in [0.5, 0.6) is 5.75 Å². The van der Waals surface area contributed by atoms with Gasteiger partial charge in [-0.15, -0.1) is 0 Å². The third-order valence-electron chi connectivity index (χ3n) is 3.19. The van der Waals surface area contributed by atoms with Crippen LogP contribution in [0.3, 0.4) is 0 Å². The molecule has 0 fully saturated rings. The molecule has 124 valence electrons. The summed E-state index contributed by atoms with van der Waals surface area (Å²) in [5.41, 5.74) is 0. The Morgan fingerprint density at radius 2 is 2.29 bits per heavy atom. The Balaban J connectivity index is 1.66. The van der Waals surface area contributed by atoms with Crippen molar-refractivity contribution in [1.29, 1.82) is 0 Å². The molecule has 0 aliphatic heterocycles. The van der Waals surface area contributed by atoms with Gasteiger partial charge in [-0.05, 0) is 42.5 Å². The second kappa shape index (κ2) is 7.46. The van der Waals surface area contributed by atoms with Crippen LogP contribution in [0.4, 0.5) is 0 Å². The molecule has 0 atom stereocenters. The van der Waals surface area contributed by atoms with E-state index in [1.54, 1.807) is 23.0 Å². The molecule has 6 nitrogen and oxygen atoms in total. The summed E-state index contributed by atoms with van der Waals surface area (Å²) < 4.78 is 13.3. The van der Waals surface area contributed by atoms with Crippen LogP contribution in [-0.4, -0.2) is 21.1 Å². The number of hydrogen-bond donors (Lipinski definition) is 1. The Morgan fingerprint density at radius 1 is 1.42 bits per heavy atom. The zero-order valence-corrected chi connectivity index (χ0v) is 14.5. The zero-order chi connectivity index (χ0) is 16.9. The lowest BCUT2D eigenvalue weighted by atomic mass is 10.3. The summed E-state index contributed by atoms with van der Waals surface area (Å²) >= 11 is 11.1. The Bertz CT molecular complexity index is 913. The summed E-state index contributed by atoms with van der Waals surface area (Å²) in [4.78, 5) is 0. The van der Waals surface area contributed by atoms with Gasteiger partial charge in [0.05, 0.1) is 6.21 Å². The van der Waals surface area contributed by atoms with Gasteiger partial charge < -0.3 is 9.15 Å². The molecule has 2 heterocycles. The molecule has 1 aromatic carbocycles. The fraction of sp³-hybridized carbons (Fsp3) is 0.188. The van der Waals surface area contributed by atoms with E-state index in [1.807, 2.05) is 31.2 Å². The van der Waals surface area contributed by atoms with Crippen molar-refractivity contribution in [3.05, 3.63) is 63.5 Å². The number of nitrogens with one attached hydrogen (secondary N) is 1. The van der Waals surface area contributed by atoms with Crippen LogP contribution in [0.15, 0.2) is 45.9 Å². The smallest absolute Gasteiger partial charge is 0.216 e. The fourth-order valence-corrected chi connectivity index (χ4v) is 2.42. The lowest BCUT2D eigenvalue weighted by molar-refractivity contribution is 0.270. The van der Waals surface area contributed by atoms with Crippen LogP contribution in [0.1, 0.15) is 24.3 Å². The summed E-state index contributed by atoms with van der Waals surface area (Å²) in [5.74, 6) is 2.73. The first-order valence-corrected chi connectivity index (χ1v) is 8.12. The Labute approximate surface area is 148 Å². The topological polar surface area (TPSA) is 68.3 Å². The standard InChI is InChI=1S/C16H15ClN4O2S/c1-2-15-19-20-16(24)21(15)18-9-13-6-7-14(23-13)10-22-12-5-3-4-11(17)8-12/h3-9H,2,10H2,1H3,(H,20,24)/b18-9+. The van der Waals surface area contributed by atoms with Crippen LogP contribution in [-0.2, 0) is 13.0 Å². The van der Waals surface area contributed by atoms with E-state index in [-0.39, 0.29) is 0 Å². The average Bonchev–Trinajstić information content (AvgIpc) is 3.17. The van der Waals surface area contributed by atoms with Crippen LogP contribution in [0.25, 0.3) is 0 Å². The predicted octanol–water partition coefficient (Wildman–Crippen LogP) is 4.21. The van der Waals surface area contributed by atoms with Gasteiger partial charge in [0.1, 0.15) is 23.9 Å². The van der Waals surface area contributed by atoms with E-state index in [2.05, 4.69) is 15.3 Å². The van der Waals surface area contributed by atoms with Gasteiger partial charge >= 0.3 is 0 Å². The van der Waals surface area contributed by atoms with Crippen LogP contribution in [0, 0.1) is 4.77 Å². The highest BCUT2D eigenvalue weighted by Gasteiger charge is 2.04. The highest BCUT2D eigenvalue weighted by Crippen LogP contribution is 2.18. The molecule has 3 rings (SSSR count). The molecule has 0 spiro atoms. The molecular weight excluding hydrogens is 348 g/mol. The van der Waals surface area contributed by atoms with Gasteiger partial charge in [-0.1, -0.05) is 24.6 Å². The van der Waals surface area contributed by atoms with Crippen molar-refractivity contribution >= 4 is 30.0 Å². The summed E-state index contributed by atoms with van der Waals surface area (Å²) in [6.07, 6.45) is 2.31. The minimum atomic E-state index is 0.305. The van der Waals surface area contributed by atoms with Crippen molar-refractivity contribution in [2.75, 3.05) is 0 Å². The quantitative estimate of drug-likeness (QED) is 0.526. The molecule has 0 saturated heterocycles. The minimum Gasteiger partial charge on any atom is -0.486 e. The molecular formula is C16H15ClN4O2S. The number of nitrogens with zero attached hydrogens (tertiary/aromatic N) is 3. The zero-order valence-electron chi connectivity index (χ0n) is 12.9. The van der Waals surface area contributed by atoms with E-state index in [9.17, 15) is 0 Å². The predicted molar refractivity (Wildman–Crippen MR) is 94.3 cm³/mol. The Morgan fingerprint density at radius 3 is 3.08 bits per heavy atom. The van der Waals surface area contributed by atoms with Crippen LogP contribution >= 0.6 is 23.8 Å². The maximum atomic E-state index is 5.92. The third-order valence-corrected chi connectivity index (χ3v) is 3.69. The lowest BCUT2D eigenvalue weighted by Crippen LogP contribution is -1.97. The number of halogens is 1. The highest BCUT2D eigenvalue weighted by atomic mass is 35.5. The molecule has 0 amide bonds. The second-order valence-corrected chi connectivity index (χ2v) is 5.73. The largest absolute Gasteiger partial charge is 0.486 e. The number of ether oxygens (including phenoxy) is 1. The maximum absolute atomic E-state index is 5.92. The fourth-order valence-electron chi connectivity index (χ4n) is 2.04. The maximum Gasteiger partial charge on any atom is 0.216 e. The summed E-state index contributed by atoms with van der Waals surface area (Å²) in [6, 6.07) is 10.9. The number of furan rings is 1. The number of aryl methyl sites for hydroxylation is 1. The molecule has 2 aromatic heterocycles. The van der Waals surface area contributed by atoms with Crippen molar-refractivity contribution < 1.29 is 9.15 Å². The number of H-pyrrole nitrogens is 1. The molecule has 0 bridgehead atoms. The van der Waals surface area contributed by atoms with Crippen molar-refractivity contribution in [2.45, 2.75) is 20.0 Å². The second-order valence-electron chi connectivity index (χ2n) is 4.91. The highest BCUT2D eigenvalue weighted by molar-refractivity contribution is 7.71. The van der Waals surface area contributed by atoms with E-state index in [0.717, 1.165) is 12.2 Å². The first kappa shape index (κ1) is 16.5. The van der Waals surface area contributed by atoms with Crippen molar-refractivity contribution in [3.63, 3.8) is 0 Å². The van der Waals surface area contributed by atoms with Gasteiger partial charge in [0.25, 0.3) is 0 Å². The minimum absolute atomic E-state index is 0.305.